The van der Waals surface area contributed by atoms with Crippen LogP contribution >= 0.6 is 0 Å². The molecule has 3 aromatic carbocycles. The highest BCUT2D eigenvalue weighted by Crippen LogP contribution is 2.27. The summed E-state index contributed by atoms with van der Waals surface area (Å²) in [6, 6.07) is 15.8. The Labute approximate surface area is 256 Å². The van der Waals surface area contributed by atoms with E-state index in [0.29, 0.717) is 66.3 Å². The van der Waals surface area contributed by atoms with Gasteiger partial charge >= 0.3 is 11.8 Å². The number of amides is 2. The van der Waals surface area contributed by atoms with E-state index in [1.165, 1.54) is 17.7 Å². The predicted molar refractivity (Wildman–Crippen MR) is 166 cm³/mol. The lowest BCUT2D eigenvalue weighted by Crippen LogP contribution is -2.36. The monoisotopic (exact) mass is 602 g/mol. The molecule has 0 aliphatic carbocycles. The fourth-order valence-electron chi connectivity index (χ4n) is 5.27. The van der Waals surface area contributed by atoms with Gasteiger partial charge in [-0.25, -0.2) is 4.39 Å². The van der Waals surface area contributed by atoms with Crippen LogP contribution in [0.2, 0.25) is 0 Å². The van der Waals surface area contributed by atoms with E-state index in [0.717, 1.165) is 44.0 Å². The molecule has 1 fully saturated rings. The van der Waals surface area contributed by atoms with Crippen LogP contribution in [0.4, 0.5) is 10.1 Å². The minimum Gasteiger partial charge on any atom is -0.493 e. The van der Waals surface area contributed by atoms with Crippen molar-refractivity contribution in [2.75, 3.05) is 45.2 Å². The third-order valence-electron chi connectivity index (χ3n) is 7.90. The maximum Gasteiger partial charge on any atom is 0.313 e. The molecular weight excluding hydrogens is 563 g/mol. The minimum absolute atomic E-state index is 0.00501. The highest BCUT2D eigenvalue weighted by atomic mass is 19.1. The zero-order chi connectivity index (χ0) is 30.9. The average molecular weight is 603 g/mol. The van der Waals surface area contributed by atoms with E-state index in [1.807, 2.05) is 36.4 Å². The Bertz CT molecular complexity index is 1600. The summed E-state index contributed by atoms with van der Waals surface area (Å²) < 4.78 is 32.8. The first-order valence-electron chi connectivity index (χ1n) is 15.2. The van der Waals surface area contributed by atoms with E-state index < -0.39 is 17.6 Å². The van der Waals surface area contributed by atoms with Gasteiger partial charge in [-0.15, -0.1) is 0 Å². The van der Waals surface area contributed by atoms with E-state index in [1.54, 1.807) is 7.11 Å². The molecule has 44 heavy (non-hydrogen) atoms. The summed E-state index contributed by atoms with van der Waals surface area (Å²) in [5.74, 6) is -0.128. The number of carbonyl (C=O) groups excluding carboxylic acids is 2. The number of fused-ring (bicyclic) bond motifs is 1. The number of nitrogens with one attached hydrogen (secondary N) is 3. The zero-order valence-corrected chi connectivity index (χ0v) is 25.2. The van der Waals surface area contributed by atoms with Crippen LogP contribution in [-0.2, 0) is 22.4 Å². The molecule has 3 N–H and O–H groups in total. The fourth-order valence-corrected chi connectivity index (χ4v) is 5.27. The van der Waals surface area contributed by atoms with Crippen molar-refractivity contribution < 1.29 is 28.2 Å². The van der Waals surface area contributed by atoms with E-state index >= 15 is 4.39 Å². The van der Waals surface area contributed by atoms with Crippen molar-refractivity contribution >= 4 is 23.3 Å². The third kappa shape index (κ3) is 7.93. The Hall–Kier alpha value is -4.44. The number of ether oxygens (including phenoxy) is 3. The Morgan fingerprint density at radius 2 is 1.75 bits per heavy atom. The molecule has 0 atom stereocenters. The molecule has 10 heteroatoms. The van der Waals surface area contributed by atoms with Gasteiger partial charge in [0.2, 0.25) is 0 Å². The number of halogens is 1. The molecule has 2 heterocycles. The molecule has 0 bridgehead atoms. The summed E-state index contributed by atoms with van der Waals surface area (Å²) in [7, 11) is 1.58. The fraction of sp³-hybridized carbons (Fsp3) is 0.382. The van der Waals surface area contributed by atoms with Crippen LogP contribution in [-0.4, -0.2) is 51.7 Å². The summed E-state index contributed by atoms with van der Waals surface area (Å²) in [6.07, 6.45) is 4.17. The van der Waals surface area contributed by atoms with Crippen molar-refractivity contribution in [1.82, 2.24) is 10.6 Å². The van der Waals surface area contributed by atoms with Crippen LogP contribution < -0.4 is 40.7 Å². The van der Waals surface area contributed by atoms with Gasteiger partial charge in [0.1, 0.15) is 5.76 Å². The molecule has 2 aliphatic heterocycles. The number of methoxy groups -OCH3 is 1. The summed E-state index contributed by atoms with van der Waals surface area (Å²) in [5, 5.41) is 9.81. The first kappa shape index (κ1) is 31.0. The molecule has 0 spiro atoms. The van der Waals surface area contributed by atoms with E-state index in [2.05, 4.69) is 27.9 Å². The van der Waals surface area contributed by atoms with Gasteiger partial charge in [-0.2, -0.15) is 0 Å². The van der Waals surface area contributed by atoms with Crippen molar-refractivity contribution in [2.24, 2.45) is 10.9 Å². The van der Waals surface area contributed by atoms with Crippen molar-refractivity contribution in [1.29, 1.82) is 0 Å². The maximum atomic E-state index is 15.1. The number of aryl methyl sites for hydroxylation is 1. The summed E-state index contributed by atoms with van der Waals surface area (Å²) in [4.78, 5) is 29.3. The Morgan fingerprint density at radius 3 is 2.48 bits per heavy atom. The summed E-state index contributed by atoms with van der Waals surface area (Å²) in [6.45, 7) is 5.47. The first-order chi connectivity index (χ1) is 21.4. The van der Waals surface area contributed by atoms with Crippen LogP contribution in [0.15, 0.2) is 59.6 Å². The Morgan fingerprint density at radius 1 is 0.977 bits per heavy atom. The van der Waals surface area contributed by atoms with Gasteiger partial charge in [0.05, 0.1) is 19.1 Å². The van der Waals surface area contributed by atoms with E-state index in [4.69, 9.17) is 14.2 Å². The van der Waals surface area contributed by atoms with Crippen molar-refractivity contribution in [3.8, 4) is 17.2 Å². The molecular formula is C34H39FN4O5. The standard InChI is InChI=1S/C34H39FN4O5/c1-3-22-4-6-23(7-5-22)12-16-38-33(40)34(41)39-25-8-9-30(27(35)18-25)44-29-13-17-37-28-20-32(31(42-2)19-26(28)29)43-21-24-10-14-36-15-11-24/h4-9,18-20,24,36H,3,10-17,21H2,1-2H3,(H,38,40)(H,39,41). The van der Waals surface area contributed by atoms with Crippen LogP contribution in [0, 0.1) is 11.7 Å². The van der Waals surface area contributed by atoms with Gasteiger partial charge < -0.3 is 30.2 Å². The van der Waals surface area contributed by atoms with Gasteiger partial charge in [-0.1, -0.05) is 31.2 Å². The van der Waals surface area contributed by atoms with Gasteiger partial charge in [0.15, 0.2) is 23.1 Å². The molecule has 2 amide bonds. The lowest BCUT2D eigenvalue weighted by atomic mass is 9.99. The van der Waals surface area contributed by atoms with E-state index in [9.17, 15) is 9.59 Å². The SMILES string of the molecule is CCc1ccc(CCNC(=O)C(=O)Nc2ccc(OC3=c4cc(OC)c(OCC5CCNCC5)cc4=NCC3)c(F)c2)cc1. The molecule has 3 aromatic rings. The van der Waals surface area contributed by atoms with Crippen LogP contribution in [0.25, 0.3) is 5.76 Å². The van der Waals surface area contributed by atoms with Crippen LogP contribution in [0.3, 0.4) is 0 Å². The highest BCUT2D eigenvalue weighted by molar-refractivity contribution is 6.39. The van der Waals surface area contributed by atoms with Gasteiger partial charge in [-0.05, 0) is 74.0 Å². The summed E-state index contributed by atoms with van der Waals surface area (Å²) in [5.41, 5.74) is 2.44. The van der Waals surface area contributed by atoms with Gasteiger partial charge in [0, 0.05) is 42.5 Å². The number of carbonyl (C=O) groups is 2. The maximum absolute atomic E-state index is 15.1. The lowest BCUT2D eigenvalue weighted by molar-refractivity contribution is -0.136. The molecule has 5 rings (SSSR count). The van der Waals surface area contributed by atoms with Crippen LogP contribution in [0.5, 0.6) is 17.2 Å². The molecule has 2 aliphatic rings. The topological polar surface area (TPSA) is 110 Å². The van der Waals surface area contributed by atoms with Crippen LogP contribution in [0.1, 0.15) is 37.3 Å². The summed E-state index contributed by atoms with van der Waals surface area (Å²) >= 11 is 0. The molecule has 0 radical (unpaired) electrons. The van der Waals surface area contributed by atoms with Gasteiger partial charge in [0.25, 0.3) is 0 Å². The van der Waals surface area contributed by atoms with Gasteiger partial charge in [-0.3, -0.25) is 14.6 Å². The largest absolute Gasteiger partial charge is 0.493 e. The second kappa shape index (κ2) is 14.8. The molecule has 232 valence electrons. The number of anilines is 1. The highest BCUT2D eigenvalue weighted by Gasteiger charge is 2.19. The normalized spacial score (nSPS) is 14.7. The second-order valence-electron chi connectivity index (χ2n) is 11.0. The number of nitrogens with zero attached hydrogens (tertiary/aromatic N) is 1. The molecule has 0 unspecified atom stereocenters. The lowest BCUT2D eigenvalue weighted by Gasteiger charge is -2.23. The smallest absolute Gasteiger partial charge is 0.313 e. The zero-order valence-electron chi connectivity index (χ0n) is 25.2. The Kier molecular flexibility index (Phi) is 10.5. The number of benzene rings is 3. The second-order valence-corrected chi connectivity index (χ2v) is 11.0. The predicted octanol–water partition coefficient (Wildman–Crippen LogP) is 3.28. The minimum atomic E-state index is -0.873. The quantitative estimate of drug-likeness (QED) is 0.291. The number of rotatable bonds is 11. The number of piperidine rings is 1. The molecule has 0 saturated carbocycles. The van der Waals surface area contributed by atoms with E-state index in [-0.39, 0.29) is 11.4 Å². The number of hydrogen-bond acceptors (Lipinski definition) is 7. The van der Waals surface area contributed by atoms with Crippen molar-refractivity contribution in [2.45, 2.75) is 39.0 Å². The molecule has 1 saturated heterocycles. The average Bonchev–Trinajstić information content (AvgIpc) is 3.05. The Balaban J connectivity index is 1.21. The van der Waals surface area contributed by atoms with Crippen molar-refractivity contribution in [3.05, 3.63) is 82.1 Å². The third-order valence-corrected chi connectivity index (χ3v) is 7.90. The molecule has 9 nitrogen and oxygen atoms in total. The molecule has 0 aromatic heterocycles. The van der Waals surface area contributed by atoms with Crippen molar-refractivity contribution in [3.63, 3.8) is 0 Å². The number of hydrogen-bond donors (Lipinski definition) is 3. The first-order valence-corrected chi connectivity index (χ1v) is 15.2.